The number of benzene rings is 7. The molecule has 0 spiro atoms. The molecule has 3 heterocycles. The molecule has 0 radical (unpaired) electrons. The number of thiophene rings is 1. The second-order valence-corrected chi connectivity index (χ2v) is 23.5. The minimum atomic E-state index is -0.0403. The van der Waals surface area contributed by atoms with E-state index in [-0.39, 0.29) is 28.5 Å². The van der Waals surface area contributed by atoms with Crippen molar-refractivity contribution in [3.8, 4) is 22.3 Å². The lowest BCUT2D eigenvalue weighted by Gasteiger charge is -2.46. The maximum Gasteiger partial charge on any atom is 0.343 e. The van der Waals surface area contributed by atoms with E-state index in [9.17, 15) is 0 Å². The van der Waals surface area contributed by atoms with Crippen molar-refractivity contribution >= 4 is 77.7 Å². The summed E-state index contributed by atoms with van der Waals surface area (Å²) in [5.41, 5.74) is 22.1. The summed E-state index contributed by atoms with van der Waals surface area (Å²) in [5, 5.41) is 3.95. The van der Waals surface area contributed by atoms with E-state index in [2.05, 4.69) is 206 Å². The van der Waals surface area contributed by atoms with Gasteiger partial charge in [-0.15, -0.1) is 11.3 Å². The Hall–Kier alpha value is -5.58. The van der Waals surface area contributed by atoms with Crippen molar-refractivity contribution in [2.24, 2.45) is 0 Å². The molecule has 0 fully saturated rings. The van der Waals surface area contributed by atoms with Crippen molar-refractivity contribution < 1.29 is 0 Å². The number of hydrogen-bond acceptors (Lipinski definition) is 3. The zero-order valence-electron chi connectivity index (χ0n) is 39.3. The highest BCUT2D eigenvalue weighted by Gasteiger charge is 2.49. The van der Waals surface area contributed by atoms with Gasteiger partial charge in [-0.2, -0.15) is 0 Å². The Labute approximate surface area is 385 Å². The van der Waals surface area contributed by atoms with Gasteiger partial charge in [-0.3, -0.25) is 0 Å². The average Bonchev–Trinajstić information content (AvgIpc) is 3.65. The molecule has 0 amide bonds. The number of aryl methyl sites for hydroxylation is 2. The van der Waals surface area contributed by atoms with Crippen LogP contribution < -0.4 is 20.0 Å². The lowest BCUT2D eigenvalue weighted by atomic mass is 9.46. The Morgan fingerprint density at radius 1 is 0.500 bits per heavy atom. The minimum absolute atomic E-state index is 0.0403. The monoisotopic (exact) mass is 850 g/mol. The molecule has 12 rings (SSSR count). The molecule has 0 saturated heterocycles. The van der Waals surface area contributed by atoms with Crippen LogP contribution in [0.15, 0.2) is 127 Å². The Morgan fingerprint density at radius 2 is 1.09 bits per heavy atom. The predicted molar refractivity (Wildman–Crippen MR) is 279 cm³/mol. The van der Waals surface area contributed by atoms with Crippen LogP contribution in [-0.2, 0) is 21.7 Å². The second-order valence-electron chi connectivity index (χ2n) is 22.4. The largest absolute Gasteiger partial charge is 0.375 e. The fourth-order valence-corrected chi connectivity index (χ4v) is 13.6. The molecular weight excluding hydrogens is 792 g/mol. The highest BCUT2D eigenvalue weighted by atomic mass is 32.1. The number of anilines is 5. The number of hydrogen-bond donors (Lipinski definition) is 0. The van der Waals surface area contributed by atoms with Gasteiger partial charge in [0.2, 0.25) is 0 Å². The average molecular weight is 851 g/mol. The van der Waals surface area contributed by atoms with E-state index < -0.39 is 0 Å². The summed E-state index contributed by atoms with van der Waals surface area (Å²) in [6.45, 7) is 24.4. The number of nitrogens with zero attached hydrogens (tertiary/aromatic N) is 2. The van der Waals surface area contributed by atoms with E-state index in [0.717, 1.165) is 0 Å². The molecular formula is C60H59BN2S. The SMILES string of the molecule is Cc1cc2c3c(c1)N(c1cc4c(cc1C)C(C)(C)CCC4(C)C)c1c(sc4cc5c(cc14)C(C)(C)CCC5(C)C)B3N(c1ccc(-c3ccccc3)cc1)c1c-2ccc2ccccc12. The third-order valence-corrected chi connectivity index (χ3v) is 17.5. The predicted octanol–water partition coefficient (Wildman–Crippen LogP) is 15.7. The van der Waals surface area contributed by atoms with Gasteiger partial charge in [0.15, 0.2) is 0 Å². The smallest absolute Gasteiger partial charge is 0.343 e. The van der Waals surface area contributed by atoms with E-state index in [1.165, 1.54) is 141 Å². The van der Waals surface area contributed by atoms with Crippen LogP contribution in [0.3, 0.4) is 0 Å². The van der Waals surface area contributed by atoms with Crippen molar-refractivity contribution in [2.75, 3.05) is 9.71 Å². The third-order valence-electron chi connectivity index (χ3n) is 16.3. The topological polar surface area (TPSA) is 6.48 Å². The molecule has 4 heteroatoms. The van der Waals surface area contributed by atoms with Crippen LogP contribution >= 0.6 is 11.3 Å². The van der Waals surface area contributed by atoms with Crippen molar-refractivity contribution in [1.29, 1.82) is 0 Å². The zero-order chi connectivity index (χ0) is 44.2. The zero-order valence-corrected chi connectivity index (χ0v) is 40.1. The first-order valence-electron chi connectivity index (χ1n) is 23.7. The molecule has 4 aliphatic rings. The van der Waals surface area contributed by atoms with Crippen LogP contribution in [0.1, 0.15) is 114 Å². The first-order chi connectivity index (χ1) is 30.5. The Kier molecular flexibility index (Phi) is 8.42. The van der Waals surface area contributed by atoms with Gasteiger partial charge in [-0.25, -0.2) is 0 Å². The van der Waals surface area contributed by atoms with Gasteiger partial charge in [0.05, 0.1) is 5.69 Å². The van der Waals surface area contributed by atoms with E-state index in [1.807, 2.05) is 11.3 Å². The van der Waals surface area contributed by atoms with Crippen LogP contribution in [0.4, 0.5) is 28.4 Å². The summed E-state index contributed by atoms with van der Waals surface area (Å²) in [6, 6.07) is 49.5. The summed E-state index contributed by atoms with van der Waals surface area (Å²) in [7, 11) is 0. The highest BCUT2D eigenvalue weighted by Crippen LogP contribution is 2.56. The van der Waals surface area contributed by atoms with Crippen molar-refractivity contribution in [3.63, 3.8) is 0 Å². The maximum absolute atomic E-state index is 2.75. The highest BCUT2D eigenvalue weighted by molar-refractivity contribution is 7.32. The van der Waals surface area contributed by atoms with Gasteiger partial charge < -0.3 is 9.71 Å². The van der Waals surface area contributed by atoms with Crippen LogP contribution in [0.2, 0.25) is 0 Å². The third kappa shape index (κ3) is 5.70. The van der Waals surface area contributed by atoms with Gasteiger partial charge >= 0.3 is 6.85 Å². The standard InChI is InChI=1S/C60H59BN2S/c1-36-30-44-43-25-22-40-18-14-15-19-42(40)54(43)63(41-23-20-39(21-24-41)38-16-12-11-13-17-38)61-53(44)51(31-36)62(50-34-48-46(32-37(50)2)57(3,4)26-28-59(48,7)8)55-45-33-47-49(35-52(45)64-56(55)61)60(9,10)29-27-58(47,5)6/h11-25,30-35H,26-29H2,1-10H3. The molecule has 0 saturated carbocycles. The van der Waals surface area contributed by atoms with Crippen LogP contribution in [0.5, 0.6) is 0 Å². The first-order valence-corrected chi connectivity index (χ1v) is 24.5. The Balaban J connectivity index is 1.21. The quantitative estimate of drug-likeness (QED) is 0.163. The van der Waals surface area contributed by atoms with E-state index >= 15 is 0 Å². The van der Waals surface area contributed by atoms with E-state index in [1.54, 1.807) is 0 Å². The van der Waals surface area contributed by atoms with Gasteiger partial charge in [0.1, 0.15) is 0 Å². The van der Waals surface area contributed by atoms with E-state index in [0.29, 0.717) is 0 Å². The lowest BCUT2D eigenvalue weighted by Crippen LogP contribution is -2.60. The Morgan fingerprint density at radius 3 is 1.78 bits per heavy atom. The summed E-state index contributed by atoms with van der Waals surface area (Å²) >= 11 is 2.04. The molecule has 8 aromatic rings. The van der Waals surface area contributed by atoms with Gasteiger partial charge in [-0.1, -0.05) is 146 Å². The first kappa shape index (κ1) is 40.0. The second kappa shape index (κ2) is 13.5. The molecule has 1 aromatic heterocycles. The molecule has 0 N–H and O–H groups in total. The molecule has 2 nitrogen and oxygen atoms in total. The molecule has 0 bridgehead atoms. The number of fused-ring (bicyclic) bond motifs is 10. The normalized spacial score (nSPS) is 18.3. The van der Waals surface area contributed by atoms with Gasteiger partial charge in [-0.05, 0) is 159 Å². The summed E-state index contributed by atoms with van der Waals surface area (Å²) < 4.78 is 2.82. The van der Waals surface area contributed by atoms with Crippen molar-refractivity contribution in [3.05, 3.63) is 161 Å². The van der Waals surface area contributed by atoms with Gasteiger partial charge in [0.25, 0.3) is 0 Å². The fraction of sp³-hybridized carbons (Fsp3) is 0.300. The van der Waals surface area contributed by atoms with Gasteiger partial charge in [0, 0.05) is 48.6 Å². The molecule has 2 aliphatic heterocycles. The summed E-state index contributed by atoms with van der Waals surface area (Å²) in [4.78, 5) is 5.48. The molecule has 7 aromatic carbocycles. The molecule has 0 atom stereocenters. The number of rotatable bonds is 3. The summed E-state index contributed by atoms with van der Waals surface area (Å²) in [5.74, 6) is 0. The summed E-state index contributed by atoms with van der Waals surface area (Å²) in [6.07, 6.45) is 4.77. The molecule has 2 aliphatic carbocycles. The van der Waals surface area contributed by atoms with E-state index in [4.69, 9.17) is 0 Å². The Bertz CT molecular complexity index is 3260. The fourth-order valence-electron chi connectivity index (χ4n) is 12.3. The van der Waals surface area contributed by atoms with Crippen LogP contribution in [0, 0.1) is 13.8 Å². The molecule has 64 heavy (non-hydrogen) atoms. The molecule has 318 valence electrons. The maximum atomic E-state index is 2.75. The molecule has 0 unspecified atom stereocenters. The van der Waals surface area contributed by atoms with Crippen molar-refractivity contribution in [2.45, 2.75) is 117 Å². The van der Waals surface area contributed by atoms with Crippen LogP contribution in [0.25, 0.3) is 43.1 Å². The van der Waals surface area contributed by atoms with Crippen molar-refractivity contribution in [1.82, 2.24) is 0 Å². The lowest BCUT2D eigenvalue weighted by molar-refractivity contribution is 0.332. The van der Waals surface area contributed by atoms with Crippen LogP contribution in [-0.4, -0.2) is 6.85 Å². The minimum Gasteiger partial charge on any atom is -0.375 e.